The predicted molar refractivity (Wildman–Crippen MR) is 140 cm³/mol. The quantitative estimate of drug-likeness (QED) is 0.296. The lowest BCUT2D eigenvalue weighted by atomic mass is 10.00. The van der Waals surface area contributed by atoms with E-state index in [1.807, 2.05) is 54.2 Å². The third kappa shape index (κ3) is 5.05. The highest BCUT2D eigenvalue weighted by Crippen LogP contribution is 2.35. The van der Waals surface area contributed by atoms with E-state index in [2.05, 4.69) is 15.1 Å². The standard InChI is InChI=1S/C27H25F4N5O.ClH/c1-34-13-5-8-23(34)24-19-6-3-4-7-20(19)25(33-32-24)36-14-11-18(12-15-36)35(2)26(37)21-10-9-17(28)16-22(21)27(29,30)31;/h3-10,13,16,18H,11-12,14-15H2,1-2H3;1H. The van der Waals surface area contributed by atoms with Crippen LogP contribution >= 0.6 is 12.4 Å². The van der Waals surface area contributed by atoms with Gasteiger partial charge in [-0.05, 0) is 43.2 Å². The molecule has 0 radical (unpaired) electrons. The number of nitrogens with zero attached hydrogens (tertiary/aromatic N) is 5. The van der Waals surface area contributed by atoms with E-state index < -0.39 is 29.0 Å². The summed E-state index contributed by atoms with van der Waals surface area (Å²) >= 11 is 0. The maximum Gasteiger partial charge on any atom is 0.417 e. The van der Waals surface area contributed by atoms with E-state index in [1.165, 1.54) is 11.9 Å². The van der Waals surface area contributed by atoms with Crippen molar-refractivity contribution in [1.29, 1.82) is 0 Å². The summed E-state index contributed by atoms with van der Waals surface area (Å²) in [4.78, 5) is 16.4. The molecule has 11 heteroatoms. The van der Waals surface area contributed by atoms with Crippen molar-refractivity contribution in [2.45, 2.75) is 25.1 Å². The van der Waals surface area contributed by atoms with Crippen molar-refractivity contribution in [2.24, 2.45) is 7.05 Å². The molecule has 1 fully saturated rings. The average Bonchev–Trinajstić information content (AvgIpc) is 3.32. The molecule has 5 rings (SSSR count). The van der Waals surface area contributed by atoms with Gasteiger partial charge in [0.1, 0.15) is 11.5 Å². The Morgan fingerprint density at radius 1 is 1.00 bits per heavy atom. The second-order valence-corrected chi connectivity index (χ2v) is 9.24. The first-order valence-electron chi connectivity index (χ1n) is 11.9. The molecule has 1 aliphatic heterocycles. The average molecular weight is 548 g/mol. The minimum atomic E-state index is -4.83. The third-order valence-corrected chi connectivity index (χ3v) is 7.00. The van der Waals surface area contributed by atoms with E-state index >= 15 is 0 Å². The number of piperidine rings is 1. The van der Waals surface area contributed by atoms with Crippen molar-refractivity contribution in [3.05, 3.63) is 77.7 Å². The highest BCUT2D eigenvalue weighted by molar-refractivity contribution is 6.00. The number of hydrogen-bond acceptors (Lipinski definition) is 4. The smallest absolute Gasteiger partial charge is 0.354 e. The van der Waals surface area contributed by atoms with E-state index in [0.29, 0.717) is 32.0 Å². The second-order valence-electron chi connectivity index (χ2n) is 9.24. The number of amides is 1. The highest BCUT2D eigenvalue weighted by Gasteiger charge is 2.37. The lowest BCUT2D eigenvalue weighted by molar-refractivity contribution is -0.138. The van der Waals surface area contributed by atoms with Crippen molar-refractivity contribution < 1.29 is 22.4 Å². The van der Waals surface area contributed by atoms with Gasteiger partial charge in [-0.3, -0.25) is 4.79 Å². The van der Waals surface area contributed by atoms with Crippen LogP contribution in [0.4, 0.5) is 23.4 Å². The molecule has 0 N–H and O–H groups in total. The van der Waals surface area contributed by atoms with Gasteiger partial charge in [-0.15, -0.1) is 22.6 Å². The number of carbonyl (C=O) groups excluding carboxylic acids is 1. The van der Waals surface area contributed by atoms with Crippen LogP contribution in [0.15, 0.2) is 60.8 Å². The minimum Gasteiger partial charge on any atom is -0.354 e. The fraction of sp³-hybridized carbons (Fsp3) is 0.296. The normalized spacial score (nSPS) is 14.4. The Kier molecular flexibility index (Phi) is 7.64. The lowest BCUT2D eigenvalue weighted by Gasteiger charge is -2.37. The zero-order valence-electron chi connectivity index (χ0n) is 20.7. The fourth-order valence-corrected chi connectivity index (χ4v) is 4.98. The maximum absolute atomic E-state index is 13.5. The molecule has 0 aliphatic carbocycles. The number of anilines is 1. The monoisotopic (exact) mass is 547 g/mol. The first-order chi connectivity index (χ1) is 17.6. The molecule has 2 aromatic heterocycles. The summed E-state index contributed by atoms with van der Waals surface area (Å²) < 4.78 is 55.8. The Hall–Kier alpha value is -3.66. The largest absolute Gasteiger partial charge is 0.417 e. The molecule has 6 nitrogen and oxygen atoms in total. The molecule has 2 aromatic carbocycles. The molecule has 0 spiro atoms. The van der Waals surface area contributed by atoms with Crippen molar-refractivity contribution in [3.8, 4) is 11.4 Å². The number of aryl methyl sites for hydroxylation is 1. The van der Waals surface area contributed by atoms with Crippen LogP contribution in [0.25, 0.3) is 22.2 Å². The summed E-state index contributed by atoms with van der Waals surface area (Å²) in [6.45, 7) is 1.11. The van der Waals surface area contributed by atoms with Crippen molar-refractivity contribution >= 4 is 34.9 Å². The van der Waals surface area contributed by atoms with Crippen LogP contribution in [0.3, 0.4) is 0 Å². The molecule has 3 heterocycles. The third-order valence-electron chi connectivity index (χ3n) is 7.00. The van der Waals surface area contributed by atoms with Crippen LogP contribution in [0, 0.1) is 5.82 Å². The molecule has 4 aromatic rings. The zero-order chi connectivity index (χ0) is 26.3. The number of benzene rings is 2. The van der Waals surface area contributed by atoms with Gasteiger partial charge in [0.15, 0.2) is 5.82 Å². The molecule has 0 atom stereocenters. The van der Waals surface area contributed by atoms with Crippen LogP contribution in [0.5, 0.6) is 0 Å². The van der Waals surface area contributed by atoms with E-state index in [9.17, 15) is 22.4 Å². The number of halogens is 5. The molecule has 0 unspecified atom stereocenters. The summed E-state index contributed by atoms with van der Waals surface area (Å²) in [5, 5.41) is 11.0. The number of carbonyl (C=O) groups is 1. The van der Waals surface area contributed by atoms with Gasteiger partial charge in [0.05, 0.1) is 16.8 Å². The summed E-state index contributed by atoms with van der Waals surface area (Å²) in [6.07, 6.45) is -1.80. The Morgan fingerprint density at radius 3 is 2.32 bits per heavy atom. The number of fused-ring (bicyclic) bond motifs is 1. The molecule has 1 saturated heterocycles. The lowest BCUT2D eigenvalue weighted by Crippen LogP contribution is -2.46. The summed E-state index contributed by atoms with van der Waals surface area (Å²) in [5.41, 5.74) is -0.0752. The first-order valence-corrected chi connectivity index (χ1v) is 11.9. The van der Waals surface area contributed by atoms with E-state index in [4.69, 9.17) is 0 Å². The molecule has 1 aliphatic rings. The van der Waals surface area contributed by atoms with E-state index in [-0.39, 0.29) is 18.4 Å². The maximum atomic E-state index is 13.5. The van der Waals surface area contributed by atoms with Crippen molar-refractivity contribution in [1.82, 2.24) is 19.7 Å². The zero-order valence-corrected chi connectivity index (χ0v) is 21.6. The van der Waals surface area contributed by atoms with Gasteiger partial charge in [-0.25, -0.2) is 4.39 Å². The van der Waals surface area contributed by atoms with Gasteiger partial charge in [-0.2, -0.15) is 13.2 Å². The van der Waals surface area contributed by atoms with Gasteiger partial charge in [0.2, 0.25) is 0 Å². The van der Waals surface area contributed by atoms with Gasteiger partial charge < -0.3 is 14.4 Å². The number of alkyl halides is 3. The molecule has 200 valence electrons. The van der Waals surface area contributed by atoms with Crippen LogP contribution in [-0.2, 0) is 13.2 Å². The Bertz CT molecular complexity index is 1460. The molecule has 38 heavy (non-hydrogen) atoms. The van der Waals surface area contributed by atoms with E-state index in [1.54, 1.807) is 0 Å². The van der Waals surface area contributed by atoms with Crippen LogP contribution in [-0.4, -0.2) is 51.8 Å². The number of hydrogen-bond donors (Lipinski definition) is 0. The van der Waals surface area contributed by atoms with Gasteiger partial charge in [-0.1, -0.05) is 24.3 Å². The SMILES string of the molecule is CN(C(=O)c1ccc(F)cc1C(F)(F)F)C1CCN(c2nnc(-c3cccn3C)c3ccccc23)CC1.Cl. The molecule has 0 bridgehead atoms. The Morgan fingerprint density at radius 2 is 1.68 bits per heavy atom. The Labute approximate surface area is 223 Å². The topological polar surface area (TPSA) is 54.3 Å². The van der Waals surface area contributed by atoms with Crippen LogP contribution in [0.1, 0.15) is 28.8 Å². The number of rotatable bonds is 4. The van der Waals surface area contributed by atoms with Crippen molar-refractivity contribution in [3.63, 3.8) is 0 Å². The van der Waals surface area contributed by atoms with Gasteiger partial charge in [0, 0.05) is 50.2 Å². The van der Waals surface area contributed by atoms with E-state index in [0.717, 1.165) is 40.1 Å². The van der Waals surface area contributed by atoms with Gasteiger partial charge >= 0.3 is 6.18 Å². The van der Waals surface area contributed by atoms with Crippen LogP contribution in [0.2, 0.25) is 0 Å². The summed E-state index contributed by atoms with van der Waals surface area (Å²) in [7, 11) is 3.45. The first kappa shape index (κ1) is 27.4. The minimum absolute atomic E-state index is 0. The highest BCUT2D eigenvalue weighted by atomic mass is 35.5. The molecule has 1 amide bonds. The number of aromatic nitrogens is 3. The summed E-state index contributed by atoms with van der Waals surface area (Å²) in [6, 6.07) is 13.7. The van der Waals surface area contributed by atoms with Crippen LogP contribution < -0.4 is 4.90 Å². The van der Waals surface area contributed by atoms with Gasteiger partial charge in [0.25, 0.3) is 5.91 Å². The van der Waals surface area contributed by atoms with Crippen molar-refractivity contribution in [2.75, 3.05) is 25.0 Å². The molecule has 0 saturated carbocycles. The molecular formula is C27H26ClF4N5O. The second kappa shape index (κ2) is 10.6. The Balaban J connectivity index is 0.00000336. The fourth-order valence-electron chi connectivity index (χ4n) is 4.98. The summed E-state index contributed by atoms with van der Waals surface area (Å²) in [5.74, 6) is -1.08. The molecular weight excluding hydrogens is 522 g/mol. The predicted octanol–water partition coefficient (Wildman–Crippen LogP) is 5.96.